The first-order valence-electron chi connectivity index (χ1n) is 4.28. The Labute approximate surface area is 101 Å². The van der Waals surface area contributed by atoms with Gasteiger partial charge in [0.25, 0.3) is 0 Å². The molecule has 0 bridgehead atoms. The van der Waals surface area contributed by atoms with Crippen molar-refractivity contribution >= 4 is 36.5 Å². The molecule has 0 amide bonds. The Balaban J connectivity index is 2.61. The van der Waals surface area contributed by atoms with E-state index < -0.39 is 20.0 Å². The van der Waals surface area contributed by atoms with Crippen molar-refractivity contribution in [1.82, 2.24) is 9.61 Å². The first kappa shape index (κ1) is 11.8. The van der Waals surface area contributed by atoms with Crippen LogP contribution in [0.5, 0.6) is 0 Å². The van der Waals surface area contributed by atoms with Crippen molar-refractivity contribution in [2.24, 2.45) is 0 Å². The Morgan fingerprint density at radius 2 is 2.06 bits per heavy atom. The van der Waals surface area contributed by atoms with Gasteiger partial charge in [0.15, 0.2) is 0 Å². The molecule has 0 saturated carbocycles. The number of halogens is 4. The van der Waals surface area contributed by atoms with Crippen LogP contribution in [0, 0.1) is 6.92 Å². The maximum absolute atomic E-state index is 12.4. The van der Waals surface area contributed by atoms with E-state index in [1.54, 1.807) is 25.1 Å². The van der Waals surface area contributed by atoms with E-state index in [4.69, 9.17) is 11.6 Å². The summed E-state index contributed by atoms with van der Waals surface area (Å²) < 4.78 is 38.7. The van der Waals surface area contributed by atoms with Crippen LogP contribution in [0.2, 0.25) is 5.15 Å². The summed E-state index contributed by atoms with van der Waals surface area (Å²) >= 11 is 4.25. The van der Waals surface area contributed by atoms with Crippen molar-refractivity contribution < 1.29 is 13.2 Å². The number of alkyl halides is 3. The minimum absolute atomic E-state index is 0.238. The quantitative estimate of drug-likeness (QED) is 0.582. The Morgan fingerprint density at radius 1 is 1.38 bits per heavy atom. The summed E-state index contributed by atoms with van der Waals surface area (Å²) in [4.78, 5) is 0. The average Bonchev–Trinajstić information content (AvgIpc) is 2.44. The van der Waals surface area contributed by atoms with Crippen LogP contribution in [0.25, 0.3) is 5.52 Å². The monoisotopic (exact) mass is 314 g/mol. The van der Waals surface area contributed by atoms with Gasteiger partial charge in [0.1, 0.15) is 0 Å². The molecule has 0 unspecified atom stereocenters. The molecule has 0 N–H and O–H groups in total. The molecule has 0 spiro atoms. The molecule has 7 heteroatoms. The van der Waals surface area contributed by atoms with Crippen LogP contribution < -0.4 is 4.46 Å². The third-order valence-corrected chi connectivity index (χ3v) is 4.21. The van der Waals surface area contributed by atoms with Crippen molar-refractivity contribution in [3.05, 3.63) is 29.0 Å². The predicted octanol–water partition coefficient (Wildman–Crippen LogP) is 2.15. The molecule has 0 saturated heterocycles. The normalized spacial score (nSPS) is 12.3. The fraction of sp³-hybridized carbons (Fsp3) is 0.222. The van der Waals surface area contributed by atoms with E-state index in [-0.39, 0.29) is 4.46 Å². The fourth-order valence-electron chi connectivity index (χ4n) is 1.37. The predicted molar refractivity (Wildman–Crippen MR) is 56.4 cm³/mol. The van der Waals surface area contributed by atoms with Gasteiger partial charge in [0.2, 0.25) is 0 Å². The number of hydrogen-bond donors (Lipinski definition) is 0. The molecule has 86 valence electrons. The molecule has 0 aliphatic carbocycles. The van der Waals surface area contributed by atoms with Gasteiger partial charge in [-0.1, -0.05) is 0 Å². The zero-order valence-electron chi connectivity index (χ0n) is 8.05. The SMILES string of the molecule is Cc1nn2c(Cl)cccc2c1[Se]C(F)(F)F. The number of hydrogen-bond acceptors (Lipinski definition) is 1. The first-order chi connectivity index (χ1) is 7.38. The average molecular weight is 314 g/mol. The Morgan fingerprint density at radius 3 is 2.69 bits per heavy atom. The van der Waals surface area contributed by atoms with Gasteiger partial charge >= 0.3 is 100 Å². The van der Waals surface area contributed by atoms with Gasteiger partial charge in [-0.3, -0.25) is 0 Å². The van der Waals surface area contributed by atoms with Gasteiger partial charge in [-0.2, -0.15) is 0 Å². The number of aryl methyl sites for hydroxylation is 1. The molecular weight excluding hydrogens is 308 g/mol. The van der Waals surface area contributed by atoms with E-state index in [1.807, 2.05) is 0 Å². The standard InChI is InChI=1S/C9H6ClF3N2Se/c1-5-8(16-9(11,12)13)6-3-2-4-7(10)15(6)14-5/h2-4H,1H3. The molecule has 0 radical (unpaired) electrons. The van der Waals surface area contributed by atoms with Crippen LogP contribution in [-0.4, -0.2) is 29.6 Å². The Bertz CT molecular complexity index is 535. The summed E-state index contributed by atoms with van der Waals surface area (Å²) in [6.45, 7) is 1.56. The van der Waals surface area contributed by atoms with E-state index >= 15 is 0 Å². The van der Waals surface area contributed by atoms with Crippen LogP contribution in [0.15, 0.2) is 18.2 Å². The summed E-state index contributed by atoms with van der Waals surface area (Å²) in [5.74, 6) is 0. The second-order valence-electron chi connectivity index (χ2n) is 3.11. The molecule has 2 nitrogen and oxygen atoms in total. The van der Waals surface area contributed by atoms with Crippen molar-refractivity contribution in [1.29, 1.82) is 0 Å². The molecule has 16 heavy (non-hydrogen) atoms. The molecule has 2 aromatic rings. The second kappa shape index (κ2) is 3.95. The third kappa shape index (κ3) is 2.19. The molecule has 2 heterocycles. The molecular formula is C9H6ClF3N2Se. The fourth-order valence-corrected chi connectivity index (χ4v) is 3.00. The van der Waals surface area contributed by atoms with Crippen molar-refractivity contribution in [2.45, 2.75) is 12.0 Å². The van der Waals surface area contributed by atoms with Crippen LogP contribution >= 0.6 is 11.6 Å². The number of nitrogens with zero attached hydrogens (tertiary/aromatic N) is 2. The van der Waals surface area contributed by atoms with Crippen LogP contribution in [0.1, 0.15) is 5.69 Å². The van der Waals surface area contributed by atoms with E-state index in [9.17, 15) is 13.2 Å². The topological polar surface area (TPSA) is 17.3 Å². The van der Waals surface area contributed by atoms with Gasteiger partial charge in [-0.05, 0) is 0 Å². The summed E-state index contributed by atoms with van der Waals surface area (Å²) in [7, 11) is 0. The van der Waals surface area contributed by atoms with Crippen LogP contribution in [-0.2, 0) is 0 Å². The first-order valence-corrected chi connectivity index (χ1v) is 6.37. The zero-order valence-corrected chi connectivity index (χ0v) is 10.5. The summed E-state index contributed by atoms with van der Waals surface area (Å²) in [5.41, 5.74) is 0.813. The molecule has 0 aliphatic rings. The number of fused-ring (bicyclic) bond motifs is 1. The summed E-state index contributed by atoms with van der Waals surface area (Å²) in [5, 5.41) is 0.130. The van der Waals surface area contributed by atoms with Crippen LogP contribution in [0.3, 0.4) is 0 Å². The van der Waals surface area contributed by atoms with Gasteiger partial charge in [-0.25, -0.2) is 0 Å². The van der Waals surface area contributed by atoms with Gasteiger partial charge in [0.05, 0.1) is 0 Å². The molecule has 0 atom stereocenters. The van der Waals surface area contributed by atoms with Gasteiger partial charge in [0, 0.05) is 0 Å². The van der Waals surface area contributed by atoms with Gasteiger partial charge in [-0.15, -0.1) is 0 Å². The summed E-state index contributed by atoms with van der Waals surface area (Å²) in [6, 6.07) is 4.80. The van der Waals surface area contributed by atoms with E-state index in [0.29, 0.717) is 16.4 Å². The van der Waals surface area contributed by atoms with E-state index in [1.165, 1.54) is 4.52 Å². The third-order valence-electron chi connectivity index (χ3n) is 1.95. The molecule has 0 fully saturated rings. The van der Waals surface area contributed by atoms with Crippen molar-refractivity contribution in [2.75, 3.05) is 0 Å². The number of aromatic nitrogens is 2. The molecule has 2 rings (SSSR count). The maximum atomic E-state index is 12.4. The number of rotatable bonds is 1. The van der Waals surface area contributed by atoms with Crippen LogP contribution in [0.4, 0.5) is 13.2 Å². The minimum atomic E-state index is -4.18. The van der Waals surface area contributed by atoms with Crippen molar-refractivity contribution in [3.8, 4) is 0 Å². The molecule has 0 aliphatic heterocycles. The van der Waals surface area contributed by atoms with E-state index in [0.717, 1.165) is 0 Å². The summed E-state index contributed by atoms with van der Waals surface area (Å²) in [6.07, 6.45) is 0. The Kier molecular flexibility index (Phi) is 2.90. The number of pyridine rings is 1. The van der Waals surface area contributed by atoms with Gasteiger partial charge < -0.3 is 0 Å². The molecule has 0 aromatic carbocycles. The van der Waals surface area contributed by atoms with E-state index in [2.05, 4.69) is 5.10 Å². The van der Waals surface area contributed by atoms with Crippen molar-refractivity contribution in [3.63, 3.8) is 0 Å². The second-order valence-corrected chi connectivity index (χ2v) is 5.75. The molecule has 2 aromatic heterocycles. The zero-order chi connectivity index (χ0) is 11.9. The Hall–Kier alpha value is -0.711.